The van der Waals surface area contributed by atoms with Gasteiger partial charge in [-0.15, -0.1) is 0 Å². The van der Waals surface area contributed by atoms with Crippen LogP contribution >= 0.6 is 11.6 Å². The third-order valence-electron chi connectivity index (χ3n) is 3.48. The molecule has 0 aliphatic heterocycles. The number of primary amides is 1. The number of amides is 2. The Morgan fingerprint density at radius 2 is 2.00 bits per heavy atom. The molecular weight excluding hydrogens is 348 g/mol. The van der Waals surface area contributed by atoms with Crippen molar-refractivity contribution in [3.05, 3.63) is 45.7 Å². The second-order valence-electron chi connectivity index (χ2n) is 5.52. The Hall–Kier alpha value is -2.87. The SMILES string of the molecule is COC(=O)c1ccc(Cl)c(C(=O)Nc2c(C(N)=O)n[nH]c2C(C)C)c1. The van der Waals surface area contributed by atoms with E-state index in [9.17, 15) is 14.4 Å². The van der Waals surface area contributed by atoms with E-state index in [4.69, 9.17) is 17.3 Å². The van der Waals surface area contributed by atoms with Crippen molar-refractivity contribution in [2.24, 2.45) is 5.73 Å². The van der Waals surface area contributed by atoms with Crippen LogP contribution in [0.3, 0.4) is 0 Å². The molecule has 8 nitrogen and oxygen atoms in total. The largest absolute Gasteiger partial charge is 0.465 e. The van der Waals surface area contributed by atoms with Crippen LogP contribution in [0.2, 0.25) is 5.02 Å². The quantitative estimate of drug-likeness (QED) is 0.701. The van der Waals surface area contributed by atoms with Crippen LogP contribution in [0.4, 0.5) is 5.69 Å². The van der Waals surface area contributed by atoms with Gasteiger partial charge in [0.25, 0.3) is 11.8 Å². The van der Waals surface area contributed by atoms with E-state index in [-0.39, 0.29) is 33.4 Å². The van der Waals surface area contributed by atoms with E-state index in [0.717, 1.165) is 0 Å². The maximum atomic E-state index is 12.6. The first-order valence-corrected chi connectivity index (χ1v) is 7.71. The number of nitrogens with one attached hydrogen (secondary N) is 2. The fourth-order valence-electron chi connectivity index (χ4n) is 2.20. The molecule has 0 atom stereocenters. The Labute approximate surface area is 148 Å². The monoisotopic (exact) mass is 364 g/mol. The summed E-state index contributed by atoms with van der Waals surface area (Å²) in [5.41, 5.74) is 6.16. The lowest BCUT2D eigenvalue weighted by atomic mass is 10.1. The van der Waals surface area contributed by atoms with Gasteiger partial charge >= 0.3 is 5.97 Å². The lowest BCUT2D eigenvalue weighted by Gasteiger charge is -2.11. The minimum Gasteiger partial charge on any atom is -0.465 e. The topological polar surface area (TPSA) is 127 Å². The van der Waals surface area contributed by atoms with Crippen molar-refractivity contribution in [2.45, 2.75) is 19.8 Å². The fraction of sp³-hybridized carbons (Fsp3) is 0.250. The van der Waals surface area contributed by atoms with E-state index in [1.165, 1.54) is 25.3 Å². The Morgan fingerprint density at radius 1 is 1.32 bits per heavy atom. The number of nitrogens with zero attached hydrogens (tertiary/aromatic N) is 1. The van der Waals surface area contributed by atoms with Crippen molar-refractivity contribution in [3.63, 3.8) is 0 Å². The zero-order chi connectivity index (χ0) is 18.7. The first kappa shape index (κ1) is 18.5. The minimum absolute atomic E-state index is 0.0484. The number of benzene rings is 1. The number of carbonyl (C=O) groups is 3. The maximum Gasteiger partial charge on any atom is 0.337 e. The molecule has 0 saturated carbocycles. The van der Waals surface area contributed by atoms with E-state index in [2.05, 4.69) is 20.3 Å². The predicted octanol–water partition coefficient (Wildman–Crippen LogP) is 2.32. The second-order valence-corrected chi connectivity index (χ2v) is 5.93. The molecule has 0 unspecified atom stereocenters. The summed E-state index contributed by atoms with van der Waals surface area (Å²) >= 11 is 6.06. The number of esters is 1. The first-order valence-electron chi connectivity index (χ1n) is 7.33. The average molecular weight is 365 g/mol. The Morgan fingerprint density at radius 3 is 2.56 bits per heavy atom. The van der Waals surface area contributed by atoms with Crippen LogP contribution in [0.1, 0.15) is 56.7 Å². The number of anilines is 1. The molecule has 25 heavy (non-hydrogen) atoms. The van der Waals surface area contributed by atoms with Crippen molar-refractivity contribution in [1.82, 2.24) is 10.2 Å². The summed E-state index contributed by atoms with van der Waals surface area (Å²) < 4.78 is 4.63. The molecule has 132 valence electrons. The molecular formula is C16H17ClN4O4. The highest BCUT2D eigenvalue weighted by atomic mass is 35.5. The normalized spacial score (nSPS) is 10.6. The molecule has 0 aliphatic rings. The molecule has 0 bridgehead atoms. The highest BCUT2D eigenvalue weighted by molar-refractivity contribution is 6.34. The third-order valence-corrected chi connectivity index (χ3v) is 3.81. The number of nitrogens with two attached hydrogens (primary N) is 1. The van der Waals surface area contributed by atoms with Gasteiger partial charge in [-0.05, 0) is 24.1 Å². The number of methoxy groups -OCH3 is 1. The molecule has 2 amide bonds. The second kappa shape index (κ2) is 7.35. The highest BCUT2D eigenvalue weighted by Gasteiger charge is 2.23. The van der Waals surface area contributed by atoms with Crippen molar-refractivity contribution >= 4 is 35.1 Å². The van der Waals surface area contributed by atoms with Gasteiger partial charge in [-0.2, -0.15) is 5.10 Å². The van der Waals surface area contributed by atoms with Crippen molar-refractivity contribution in [3.8, 4) is 0 Å². The van der Waals surface area contributed by atoms with Crippen LogP contribution in [0.25, 0.3) is 0 Å². The molecule has 0 saturated heterocycles. The summed E-state index contributed by atoms with van der Waals surface area (Å²) in [7, 11) is 1.23. The predicted molar refractivity (Wildman–Crippen MR) is 91.9 cm³/mol. The molecule has 1 aromatic heterocycles. The maximum absolute atomic E-state index is 12.6. The van der Waals surface area contributed by atoms with Gasteiger partial charge in [0.15, 0.2) is 5.69 Å². The van der Waals surface area contributed by atoms with Gasteiger partial charge < -0.3 is 15.8 Å². The summed E-state index contributed by atoms with van der Waals surface area (Å²) in [6, 6.07) is 4.16. The number of rotatable bonds is 5. The van der Waals surface area contributed by atoms with E-state index in [0.29, 0.717) is 5.69 Å². The molecule has 0 aliphatic carbocycles. The third kappa shape index (κ3) is 3.80. The highest BCUT2D eigenvalue weighted by Crippen LogP contribution is 2.27. The van der Waals surface area contributed by atoms with E-state index in [1.54, 1.807) is 0 Å². The van der Waals surface area contributed by atoms with Crippen molar-refractivity contribution < 1.29 is 19.1 Å². The number of aromatic amines is 1. The number of hydrogen-bond donors (Lipinski definition) is 3. The lowest BCUT2D eigenvalue weighted by Crippen LogP contribution is -2.19. The molecule has 2 rings (SSSR count). The molecule has 1 aromatic carbocycles. The number of halogens is 1. The molecule has 2 aromatic rings. The van der Waals surface area contributed by atoms with Crippen LogP contribution in [0.15, 0.2) is 18.2 Å². The van der Waals surface area contributed by atoms with Crippen LogP contribution in [0, 0.1) is 0 Å². The van der Waals surface area contributed by atoms with Gasteiger partial charge in [0.1, 0.15) is 0 Å². The van der Waals surface area contributed by atoms with Crippen molar-refractivity contribution in [1.29, 1.82) is 0 Å². The van der Waals surface area contributed by atoms with Crippen LogP contribution < -0.4 is 11.1 Å². The van der Waals surface area contributed by atoms with Gasteiger partial charge in [-0.1, -0.05) is 25.4 Å². The smallest absolute Gasteiger partial charge is 0.337 e. The number of carbonyl (C=O) groups excluding carboxylic acids is 3. The fourth-order valence-corrected chi connectivity index (χ4v) is 2.41. The summed E-state index contributed by atoms with van der Waals surface area (Å²) in [6.45, 7) is 3.72. The molecule has 0 radical (unpaired) electrons. The number of aromatic nitrogens is 2. The molecule has 0 fully saturated rings. The van der Waals surface area contributed by atoms with E-state index < -0.39 is 17.8 Å². The van der Waals surface area contributed by atoms with E-state index in [1.807, 2.05) is 13.8 Å². The van der Waals surface area contributed by atoms with Gasteiger partial charge in [-0.25, -0.2) is 4.79 Å². The summed E-state index contributed by atoms with van der Waals surface area (Å²) in [5, 5.41) is 9.27. The van der Waals surface area contributed by atoms with Crippen LogP contribution in [0.5, 0.6) is 0 Å². The van der Waals surface area contributed by atoms with E-state index >= 15 is 0 Å². The molecule has 1 heterocycles. The van der Waals surface area contributed by atoms with Crippen molar-refractivity contribution in [2.75, 3.05) is 12.4 Å². The first-order chi connectivity index (χ1) is 11.8. The van der Waals surface area contributed by atoms with Gasteiger partial charge in [0, 0.05) is 0 Å². The number of ether oxygens (including phenoxy) is 1. The van der Waals surface area contributed by atoms with Gasteiger partial charge in [0.05, 0.1) is 34.6 Å². The number of hydrogen-bond acceptors (Lipinski definition) is 5. The minimum atomic E-state index is -0.784. The van der Waals surface area contributed by atoms with Gasteiger partial charge in [0.2, 0.25) is 0 Å². The lowest BCUT2D eigenvalue weighted by molar-refractivity contribution is 0.0600. The van der Waals surface area contributed by atoms with Crippen LogP contribution in [-0.4, -0.2) is 35.1 Å². The summed E-state index contributed by atoms with van der Waals surface area (Å²) in [4.78, 5) is 35.8. The Balaban J connectivity index is 2.42. The zero-order valence-electron chi connectivity index (χ0n) is 13.8. The summed E-state index contributed by atoms with van der Waals surface area (Å²) in [5.74, 6) is -2.04. The molecule has 4 N–H and O–H groups in total. The number of H-pyrrole nitrogens is 1. The Bertz CT molecular complexity index is 845. The molecule has 9 heteroatoms. The zero-order valence-corrected chi connectivity index (χ0v) is 14.6. The average Bonchev–Trinajstić information content (AvgIpc) is 2.98. The Kier molecular flexibility index (Phi) is 5.43. The molecule has 0 spiro atoms. The van der Waals surface area contributed by atoms with Gasteiger partial charge in [-0.3, -0.25) is 14.7 Å². The standard InChI is InChI=1S/C16H17ClN4O4/c1-7(2)11-12(13(14(18)22)21-20-11)19-15(23)9-6-8(16(24)25-3)4-5-10(9)17/h4-7H,1-3H3,(H2,18,22)(H,19,23)(H,20,21). The summed E-state index contributed by atoms with van der Waals surface area (Å²) in [6.07, 6.45) is 0. The van der Waals surface area contributed by atoms with Crippen LogP contribution in [-0.2, 0) is 4.74 Å².